The topological polar surface area (TPSA) is 106 Å². The van der Waals surface area contributed by atoms with E-state index < -0.39 is 17.4 Å². The van der Waals surface area contributed by atoms with Gasteiger partial charge in [-0.15, -0.1) is 0 Å². The minimum Gasteiger partial charge on any atom is -0.392 e. The Hall–Kier alpha value is -2.67. The molecule has 7 nitrogen and oxygen atoms in total. The van der Waals surface area contributed by atoms with E-state index in [0.717, 1.165) is 18.4 Å². The van der Waals surface area contributed by atoms with Crippen LogP contribution in [0.3, 0.4) is 0 Å². The first-order chi connectivity index (χ1) is 12.9. The number of aromatic amines is 2. The highest BCUT2D eigenvalue weighted by Gasteiger charge is 2.28. The second-order valence-electron chi connectivity index (χ2n) is 7.16. The lowest BCUT2D eigenvalue weighted by molar-refractivity contribution is -0.132. The van der Waals surface area contributed by atoms with Gasteiger partial charge in [0.05, 0.1) is 12.5 Å². The van der Waals surface area contributed by atoms with Crippen LogP contribution in [0.15, 0.2) is 39.9 Å². The van der Waals surface area contributed by atoms with Crippen molar-refractivity contribution in [2.24, 2.45) is 5.92 Å². The highest BCUT2D eigenvalue weighted by atomic mass is 16.3. The minimum atomic E-state index is -0.568. The quantitative estimate of drug-likeness (QED) is 0.721. The molecule has 0 spiro atoms. The van der Waals surface area contributed by atoms with Crippen molar-refractivity contribution < 1.29 is 9.90 Å². The summed E-state index contributed by atoms with van der Waals surface area (Å²) in [6.07, 6.45) is 1.64. The van der Waals surface area contributed by atoms with Crippen molar-refractivity contribution >= 4 is 5.91 Å². The zero-order valence-electron chi connectivity index (χ0n) is 15.4. The number of aliphatic hydroxyl groups excluding tert-OH is 1. The van der Waals surface area contributed by atoms with Gasteiger partial charge in [-0.05, 0) is 37.7 Å². The summed E-state index contributed by atoms with van der Waals surface area (Å²) in [5.74, 6) is 0.0270. The Bertz CT molecular complexity index is 895. The number of aliphatic hydroxyl groups is 1. The van der Waals surface area contributed by atoms with Crippen molar-refractivity contribution in [1.82, 2.24) is 14.9 Å². The summed E-state index contributed by atoms with van der Waals surface area (Å²) < 4.78 is 0. The number of hydrogen-bond acceptors (Lipinski definition) is 4. The average Bonchev–Trinajstić information content (AvgIpc) is 2.65. The van der Waals surface area contributed by atoms with Crippen LogP contribution in [0.4, 0.5) is 0 Å². The van der Waals surface area contributed by atoms with Crippen LogP contribution in [-0.4, -0.2) is 45.1 Å². The molecule has 1 fully saturated rings. The second-order valence-corrected chi connectivity index (χ2v) is 7.16. The first kappa shape index (κ1) is 19.1. The van der Waals surface area contributed by atoms with Gasteiger partial charge >= 0.3 is 5.69 Å². The number of rotatable bonds is 5. The zero-order chi connectivity index (χ0) is 19.4. The molecule has 1 saturated heterocycles. The highest BCUT2D eigenvalue weighted by Crippen LogP contribution is 2.23. The van der Waals surface area contributed by atoms with Gasteiger partial charge in [-0.25, -0.2) is 4.79 Å². The number of aromatic nitrogens is 2. The maximum atomic E-state index is 12.5. The van der Waals surface area contributed by atoms with Gasteiger partial charge in [0.2, 0.25) is 5.91 Å². The fourth-order valence-electron chi connectivity index (χ4n) is 3.66. The third-order valence-electron chi connectivity index (χ3n) is 5.31. The molecular weight excluding hydrogens is 346 g/mol. The Morgan fingerprint density at radius 3 is 2.48 bits per heavy atom. The molecule has 3 N–H and O–H groups in total. The molecule has 1 aromatic carbocycles. The van der Waals surface area contributed by atoms with Crippen molar-refractivity contribution in [2.45, 2.75) is 38.7 Å². The molecular formula is C20H25N3O4. The van der Waals surface area contributed by atoms with Gasteiger partial charge in [0, 0.05) is 24.3 Å². The number of nitrogens with zero attached hydrogens (tertiary/aromatic N) is 1. The number of benzene rings is 1. The molecule has 144 valence electrons. The van der Waals surface area contributed by atoms with E-state index in [1.807, 2.05) is 30.3 Å². The number of H-pyrrole nitrogens is 2. The monoisotopic (exact) mass is 371 g/mol. The van der Waals surface area contributed by atoms with Gasteiger partial charge in [0.1, 0.15) is 0 Å². The number of piperidine rings is 1. The number of aryl methyl sites for hydroxylation is 1. The third kappa shape index (κ3) is 4.74. The molecule has 1 amide bonds. The number of hydrogen-bond donors (Lipinski definition) is 3. The Morgan fingerprint density at radius 2 is 1.85 bits per heavy atom. The molecule has 0 radical (unpaired) electrons. The molecule has 1 aliphatic heterocycles. The molecule has 1 aliphatic rings. The maximum absolute atomic E-state index is 12.5. The van der Waals surface area contributed by atoms with Gasteiger partial charge in [-0.3, -0.25) is 14.6 Å². The lowest BCUT2D eigenvalue weighted by Gasteiger charge is -2.34. The summed E-state index contributed by atoms with van der Waals surface area (Å²) >= 11 is 0. The maximum Gasteiger partial charge on any atom is 0.325 e. The largest absolute Gasteiger partial charge is 0.392 e. The average molecular weight is 371 g/mol. The van der Waals surface area contributed by atoms with Crippen LogP contribution in [0.25, 0.3) is 0 Å². The smallest absolute Gasteiger partial charge is 0.325 e. The molecule has 0 unspecified atom stereocenters. The van der Waals surface area contributed by atoms with Crippen LogP contribution in [0, 0.1) is 12.8 Å². The van der Waals surface area contributed by atoms with Crippen molar-refractivity contribution in [3.05, 3.63) is 68.0 Å². The number of likely N-dealkylation sites (tertiary alicyclic amines) is 1. The second kappa shape index (κ2) is 8.35. The van der Waals surface area contributed by atoms with Crippen LogP contribution in [0.5, 0.6) is 0 Å². The molecule has 0 bridgehead atoms. The first-order valence-electron chi connectivity index (χ1n) is 9.26. The van der Waals surface area contributed by atoms with Crippen LogP contribution < -0.4 is 11.2 Å². The number of carbonyl (C=O) groups is 1. The van der Waals surface area contributed by atoms with Crippen LogP contribution >= 0.6 is 0 Å². The highest BCUT2D eigenvalue weighted by molar-refractivity contribution is 5.79. The Labute approximate surface area is 157 Å². The lowest BCUT2D eigenvalue weighted by atomic mass is 9.88. The first-order valence-corrected chi connectivity index (χ1v) is 9.26. The van der Waals surface area contributed by atoms with Gasteiger partial charge in [0.25, 0.3) is 5.56 Å². The Morgan fingerprint density at radius 1 is 1.19 bits per heavy atom. The van der Waals surface area contributed by atoms with Crippen molar-refractivity contribution in [3.8, 4) is 0 Å². The SMILES string of the molecule is Cc1[nH]c(=O)[nH]c(=O)c1CC(=O)N1CCC([C@H](O)Cc2ccccc2)CC1. The standard InChI is InChI=1S/C20H25N3O4/c1-13-16(19(26)22-20(27)21-13)12-18(25)23-9-7-15(8-10-23)17(24)11-14-5-3-2-4-6-14/h2-6,15,17,24H,7-12H2,1H3,(H2,21,22,26,27)/t17-/m1/s1. The van der Waals surface area contributed by atoms with E-state index in [4.69, 9.17) is 0 Å². The van der Waals surface area contributed by atoms with Crippen LogP contribution in [0.2, 0.25) is 0 Å². The molecule has 1 atom stereocenters. The van der Waals surface area contributed by atoms with Crippen LogP contribution in [0.1, 0.15) is 29.7 Å². The third-order valence-corrected chi connectivity index (χ3v) is 5.31. The van der Waals surface area contributed by atoms with Gasteiger partial charge in [0.15, 0.2) is 0 Å². The predicted molar refractivity (Wildman–Crippen MR) is 102 cm³/mol. The summed E-state index contributed by atoms with van der Waals surface area (Å²) in [7, 11) is 0. The molecule has 3 rings (SSSR count). The van der Waals surface area contributed by atoms with Crippen molar-refractivity contribution in [1.29, 1.82) is 0 Å². The molecule has 7 heteroatoms. The van der Waals surface area contributed by atoms with Crippen molar-refractivity contribution in [3.63, 3.8) is 0 Å². The predicted octanol–water partition coefficient (Wildman–Crippen LogP) is 0.756. The molecule has 1 aromatic heterocycles. The summed E-state index contributed by atoms with van der Waals surface area (Å²) in [5, 5.41) is 10.5. The van der Waals surface area contributed by atoms with E-state index >= 15 is 0 Å². The number of amides is 1. The van der Waals surface area contributed by atoms with E-state index in [9.17, 15) is 19.5 Å². The fraction of sp³-hybridized carbons (Fsp3) is 0.450. The van der Waals surface area contributed by atoms with E-state index in [2.05, 4.69) is 9.97 Å². The Kier molecular flexibility index (Phi) is 5.91. The number of nitrogens with one attached hydrogen (secondary N) is 2. The fourth-order valence-corrected chi connectivity index (χ4v) is 3.66. The zero-order valence-corrected chi connectivity index (χ0v) is 15.4. The molecule has 2 aromatic rings. The van der Waals surface area contributed by atoms with E-state index in [1.165, 1.54) is 0 Å². The van der Waals surface area contributed by atoms with Crippen LogP contribution in [-0.2, 0) is 17.6 Å². The van der Waals surface area contributed by atoms with Gasteiger partial charge in [-0.1, -0.05) is 30.3 Å². The normalized spacial score (nSPS) is 16.3. The lowest BCUT2D eigenvalue weighted by Crippen LogP contribution is -2.43. The minimum absolute atomic E-state index is 0.0326. The van der Waals surface area contributed by atoms with Gasteiger partial charge < -0.3 is 15.0 Å². The molecule has 27 heavy (non-hydrogen) atoms. The molecule has 2 heterocycles. The summed E-state index contributed by atoms with van der Waals surface area (Å²) in [4.78, 5) is 42.1. The van der Waals surface area contributed by atoms with E-state index in [-0.39, 0.29) is 18.2 Å². The summed E-state index contributed by atoms with van der Waals surface area (Å²) in [6, 6.07) is 9.89. The molecule has 0 saturated carbocycles. The van der Waals surface area contributed by atoms with E-state index in [1.54, 1.807) is 11.8 Å². The summed E-state index contributed by atoms with van der Waals surface area (Å²) in [5.41, 5.74) is 0.743. The van der Waals surface area contributed by atoms with E-state index in [0.29, 0.717) is 30.8 Å². The van der Waals surface area contributed by atoms with Crippen molar-refractivity contribution in [2.75, 3.05) is 13.1 Å². The summed E-state index contributed by atoms with van der Waals surface area (Å²) in [6.45, 7) is 2.75. The molecule has 0 aliphatic carbocycles. The number of carbonyl (C=O) groups excluding carboxylic acids is 1. The van der Waals surface area contributed by atoms with Gasteiger partial charge in [-0.2, -0.15) is 0 Å². The Balaban J connectivity index is 1.55.